The molecule has 0 aromatic carbocycles. The van der Waals surface area contributed by atoms with Gasteiger partial charge in [-0.15, -0.1) is 10.2 Å². The fraction of sp³-hybridized carbons (Fsp3) is 0.800. The Bertz CT molecular complexity index is 536. The van der Waals surface area contributed by atoms with Crippen LogP contribution >= 0.6 is 0 Å². The summed E-state index contributed by atoms with van der Waals surface area (Å²) in [5.41, 5.74) is 0. The van der Waals surface area contributed by atoms with Crippen molar-refractivity contribution in [2.24, 2.45) is 18.9 Å². The van der Waals surface area contributed by atoms with Gasteiger partial charge in [-0.25, -0.2) is 0 Å². The second kappa shape index (κ2) is 6.34. The largest absolute Gasteiger partial charge is 0.377 e. The first-order valence-corrected chi connectivity index (χ1v) is 8.03. The van der Waals surface area contributed by atoms with Gasteiger partial charge in [-0.1, -0.05) is 0 Å². The van der Waals surface area contributed by atoms with Gasteiger partial charge >= 0.3 is 0 Å². The molecule has 7 nitrogen and oxygen atoms in total. The van der Waals surface area contributed by atoms with E-state index in [2.05, 4.69) is 27.5 Å². The summed E-state index contributed by atoms with van der Waals surface area (Å²) < 4.78 is 7.70. The van der Waals surface area contributed by atoms with E-state index in [0.29, 0.717) is 18.5 Å². The van der Waals surface area contributed by atoms with E-state index in [9.17, 15) is 4.79 Å². The molecule has 1 N–H and O–H groups in total. The summed E-state index contributed by atoms with van der Waals surface area (Å²) in [6.07, 6.45) is 3.05. The lowest BCUT2D eigenvalue weighted by molar-refractivity contribution is -0.123. The molecular weight excluding hydrogens is 282 g/mol. The molecule has 2 atom stereocenters. The van der Waals surface area contributed by atoms with Gasteiger partial charge in [0.25, 0.3) is 0 Å². The Morgan fingerprint density at radius 1 is 1.23 bits per heavy atom. The maximum Gasteiger partial charge on any atom is 0.232 e. The minimum absolute atomic E-state index is 0.0110. The van der Waals surface area contributed by atoms with Crippen LogP contribution in [0.25, 0.3) is 0 Å². The summed E-state index contributed by atoms with van der Waals surface area (Å²) in [6.45, 7) is 4.71. The molecule has 3 heterocycles. The number of likely N-dealkylation sites (tertiary alicyclic amines) is 1. The van der Waals surface area contributed by atoms with Crippen molar-refractivity contribution in [1.29, 1.82) is 0 Å². The van der Waals surface area contributed by atoms with Crippen molar-refractivity contribution in [2.45, 2.75) is 32.3 Å². The highest BCUT2D eigenvalue weighted by molar-refractivity contribution is 5.91. The predicted molar refractivity (Wildman–Crippen MR) is 82.4 cm³/mol. The number of amides is 1. The molecule has 0 aliphatic carbocycles. The molecule has 0 bridgehead atoms. The van der Waals surface area contributed by atoms with Crippen LogP contribution in [0.2, 0.25) is 0 Å². The molecular formula is C15H25N5O2. The molecule has 0 saturated carbocycles. The van der Waals surface area contributed by atoms with Gasteiger partial charge < -0.3 is 14.2 Å². The number of nitrogens with zero attached hydrogens (tertiary/aromatic N) is 4. The topological polar surface area (TPSA) is 72.3 Å². The van der Waals surface area contributed by atoms with Gasteiger partial charge in [0.2, 0.25) is 11.9 Å². The fourth-order valence-electron chi connectivity index (χ4n) is 3.43. The highest BCUT2D eigenvalue weighted by Gasteiger charge is 2.40. The van der Waals surface area contributed by atoms with E-state index in [0.717, 1.165) is 38.2 Å². The van der Waals surface area contributed by atoms with Gasteiger partial charge in [0.1, 0.15) is 5.82 Å². The van der Waals surface area contributed by atoms with Gasteiger partial charge in [0, 0.05) is 13.7 Å². The number of ether oxygens (including phenoxy) is 1. The van der Waals surface area contributed by atoms with Crippen molar-refractivity contribution in [3.05, 3.63) is 5.82 Å². The van der Waals surface area contributed by atoms with Gasteiger partial charge in [0.15, 0.2) is 0 Å². The van der Waals surface area contributed by atoms with Gasteiger partial charge in [-0.2, -0.15) is 0 Å². The molecule has 0 unspecified atom stereocenters. The molecule has 1 amide bonds. The number of piperidine rings is 1. The first kappa shape index (κ1) is 15.4. The van der Waals surface area contributed by atoms with Crippen molar-refractivity contribution in [3.63, 3.8) is 0 Å². The molecule has 2 aliphatic rings. The Morgan fingerprint density at radius 3 is 2.59 bits per heavy atom. The van der Waals surface area contributed by atoms with Crippen LogP contribution < -0.4 is 5.32 Å². The molecule has 22 heavy (non-hydrogen) atoms. The Morgan fingerprint density at radius 2 is 1.95 bits per heavy atom. The van der Waals surface area contributed by atoms with Crippen molar-refractivity contribution >= 4 is 11.9 Å². The highest BCUT2D eigenvalue weighted by Crippen LogP contribution is 2.33. The number of nitrogens with one attached hydrogen (secondary N) is 1. The Labute approximate surface area is 131 Å². The maximum atomic E-state index is 12.6. The molecule has 7 heteroatoms. The zero-order chi connectivity index (χ0) is 15.7. The molecule has 1 aromatic heterocycles. The second-order valence-corrected chi connectivity index (χ2v) is 6.49. The number of rotatable bonds is 3. The van der Waals surface area contributed by atoms with Crippen LogP contribution in [0.5, 0.6) is 0 Å². The van der Waals surface area contributed by atoms with Gasteiger partial charge in [-0.05, 0) is 52.2 Å². The van der Waals surface area contributed by atoms with Gasteiger partial charge in [-0.3, -0.25) is 10.1 Å². The molecule has 3 rings (SSSR count). The van der Waals surface area contributed by atoms with Crippen LogP contribution in [0.3, 0.4) is 0 Å². The van der Waals surface area contributed by atoms with Crippen molar-refractivity contribution in [1.82, 2.24) is 19.7 Å². The van der Waals surface area contributed by atoms with Crippen LogP contribution in [0.15, 0.2) is 0 Å². The van der Waals surface area contributed by atoms with Crippen LogP contribution in [-0.4, -0.2) is 58.4 Å². The zero-order valence-corrected chi connectivity index (χ0v) is 13.6. The zero-order valence-electron chi connectivity index (χ0n) is 13.6. The quantitative estimate of drug-likeness (QED) is 0.894. The van der Waals surface area contributed by atoms with Crippen molar-refractivity contribution in [3.8, 4) is 0 Å². The second-order valence-electron chi connectivity index (χ2n) is 6.49. The number of aryl methyl sites for hydroxylation is 1. The van der Waals surface area contributed by atoms with E-state index in [1.54, 1.807) is 4.57 Å². The van der Waals surface area contributed by atoms with Crippen LogP contribution in [0.4, 0.5) is 5.95 Å². The average Bonchev–Trinajstić information content (AvgIpc) is 3.10. The first-order chi connectivity index (χ1) is 10.6. The number of carbonyl (C=O) groups is 1. The molecule has 2 saturated heterocycles. The Kier molecular flexibility index (Phi) is 4.44. The minimum atomic E-state index is -0.0783. The summed E-state index contributed by atoms with van der Waals surface area (Å²) in [5, 5.41) is 10.9. The number of aromatic nitrogens is 3. The molecule has 0 spiro atoms. The lowest BCUT2D eigenvalue weighted by Crippen LogP contribution is -2.40. The standard InChI is InChI=1S/C15H25N5O2/c1-10-17-18-15(20(10)3)16-14(21)12-6-9-22-13(12)11-4-7-19(2)8-5-11/h11-13H,4-9H2,1-3H3,(H,16,18,21)/t12-,13+/m0/s1. The third-order valence-electron chi connectivity index (χ3n) is 5.03. The van der Waals surface area contributed by atoms with Crippen LogP contribution in [0, 0.1) is 18.8 Å². The third-order valence-corrected chi connectivity index (χ3v) is 5.03. The normalized spacial score (nSPS) is 27.2. The average molecular weight is 307 g/mol. The molecule has 1 aromatic rings. The molecule has 2 aliphatic heterocycles. The van der Waals surface area contributed by atoms with E-state index in [1.165, 1.54) is 0 Å². The van der Waals surface area contributed by atoms with E-state index >= 15 is 0 Å². The van der Waals surface area contributed by atoms with Crippen molar-refractivity contribution in [2.75, 3.05) is 32.1 Å². The Hall–Kier alpha value is -1.47. The van der Waals surface area contributed by atoms with Gasteiger partial charge in [0.05, 0.1) is 12.0 Å². The van der Waals surface area contributed by atoms with Crippen molar-refractivity contribution < 1.29 is 9.53 Å². The lowest BCUT2D eigenvalue weighted by Gasteiger charge is -2.34. The monoisotopic (exact) mass is 307 g/mol. The number of carbonyl (C=O) groups excluding carboxylic acids is 1. The predicted octanol–water partition coefficient (Wildman–Crippen LogP) is 0.809. The first-order valence-electron chi connectivity index (χ1n) is 8.03. The van der Waals surface area contributed by atoms with E-state index in [-0.39, 0.29) is 17.9 Å². The minimum Gasteiger partial charge on any atom is -0.377 e. The fourth-order valence-corrected chi connectivity index (χ4v) is 3.43. The highest BCUT2D eigenvalue weighted by atomic mass is 16.5. The third kappa shape index (κ3) is 3.01. The maximum absolute atomic E-state index is 12.6. The summed E-state index contributed by atoms with van der Waals surface area (Å²) >= 11 is 0. The van der Waals surface area contributed by atoms with Crippen LogP contribution in [0.1, 0.15) is 25.1 Å². The Balaban J connectivity index is 1.65. The van der Waals surface area contributed by atoms with Crippen LogP contribution in [-0.2, 0) is 16.6 Å². The SMILES string of the molecule is Cc1nnc(NC(=O)[C@H]2CCO[C@@H]2C2CCN(C)CC2)n1C. The summed E-state index contributed by atoms with van der Waals surface area (Å²) in [4.78, 5) is 14.9. The van der Waals surface area contributed by atoms with E-state index in [1.807, 2.05) is 14.0 Å². The number of hydrogen-bond donors (Lipinski definition) is 1. The molecule has 122 valence electrons. The van der Waals surface area contributed by atoms with E-state index in [4.69, 9.17) is 4.74 Å². The summed E-state index contributed by atoms with van der Waals surface area (Å²) in [7, 11) is 4.00. The number of hydrogen-bond acceptors (Lipinski definition) is 5. The smallest absolute Gasteiger partial charge is 0.232 e. The van der Waals surface area contributed by atoms with E-state index < -0.39 is 0 Å². The summed E-state index contributed by atoms with van der Waals surface area (Å²) in [5.74, 6) is 1.71. The lowest BCUT2D eigenvalue weighted by atomic mass is 9.84. The molecule has 0 radical (unpaired) electrons. The number of anilines is 1. The molecule has 2 fully saturated rings. The summed E-state index contributed by atoms with van der Waals surface area (Å²) in [6, 6.07) is 0.